The summed E-state index contributed by atoms with van der Waals surface area (Å²) in [6.07, 6.45) is 1.07. The van der Waals surface area contributed by atoms with Crippen LogP contribution in [0, 0.1) is 5.41 Å². The smallest absolute Gasteiger partial charge is 0.0621 e. The normalized spacial score (nSPS) is 35.0. The lowest BCUT2D eigenvalue weighted by Crippen LogP contribution is -2.54. The van der Waals surface area contributed by atoms with Crippen LogP contribution in [0.25, 0.3) is 0 Å². The molecule has 0 aromatic rings. The average Bonchev–Trinajstić information content (AvgIpc) is 2.02. The van der Waals surface area contributed by atoms with Gasteiger partial charge in [0.15, 0.2) is 0 Å². The third kappa shape index (κ3) is 2.15. The molecule has 0 saturated carbocycles. The second kappa shape index (κ2) is 3.56. The van der Waals surface area contributed by atoms with Crippen molar-refractivity contribution >= 4 is 11.8 Å². The number of thioether (sulfide) groups is 1. The Morgan fingerprint density at radius 3 is 2.42 bits per heavy atom. The second-order valence-corrected chi connectivity index (χ2v) is 5.51. The lowest BCUT2D eigenvalue weighted by molar-refractivity contribution is 0.135. The van der Waals surface area contributed by atoms with Crippen molar-refractivity contribution in [2.45, 2.75) is 25.8 Å². The van der Waals surface area contributed by atoms with E-state index in [1.807, 2.05) is 18.8 Å². The molecule has 12 heavy (non-hydrogen) atoms. The lowest BCUT2D eigenvalue weighted by Gasteiger charge is -2.43. The van der Waals surface area contributed by atoms with Gasteiger partial charge in [-0.2, -0.15) is 11.8 Å². The van der Waals surface area contributed by atoms with Crippen LogP contribution in [-0.2, 0) is 0 Å². The van der Waals surface area contributed by atoms with Gasteiger partial charge in [-0.25, -0.2) is 0 Å². The molecular formula is C9H19NOS. The van der Waals surface area contributed by atoms with Crippen molar-refractivity contribution in [1.29, 1.82) is 0 Å². The Balaban J connectivity index is 2.65. The molecule has 0 spiro atoms. The SMILES string of the molecule is CNC1(CO)CSCC(C)(C)C1. The fourth-order valence-corrected chi connectivity index (χ4v) is 3.37. The molecule has 0 radical (unpaired) electrons. The highest BCUT2D eigenvalue weighted by molar-refractivity contribution is 7.99. The molecule has 1 fully saturated rings. The molecule has 1 aliphatic heterocycles. The summed E-state index contributed by atoms with van der Waals surface area (Å²) >= 11 is 1.94. The molecule has 3 heteroatoms. The number of aliphatic hydroxyl groups excluding tert-OH is 1. The molecule has 0 aromatic heterocycles. The second-order valence-electron chi connectivity index (χ2n) is 4.52. The van der Waals surface area contributed by atoms with Gasteiger partial charge in [0.05, 0.1) is 12.1 Å². The van der Waals surface area contributed by atoms with Crippen LogP contribution in [0.15, 0.2) is 0 Å². The maximum Gasteiger partial charge on any atom is 0.0621 e. The predicted molar refractivity (Wildman–Crippen MR) is 54.6 cm³/mol. The molecule has 0 aromatic carbocycles. The highest BCUT2D eigenvalue weighted by Gasteiger charge is 2.38. The van der Waals surface area contributed by atoms with Crippen LogP contribution in [0.1, 0.15) is 20.3 Å². The maximum absolute atomic E-state index is 9.30. The van der Waals surface area contributed by atoms with E-state index >= 15 is 0 Å². The zero-order valence-electron chi connectivity index (χ0n) is 8.18. The average molecular weight is 189 g/mol. The number of aliphatic hydroxyl groups is 1. The molecule has 0 aliphatic carbocycles. The molecule has 2 nitrogen and oxygen atoms in total. The van der Waals surface area contributed by atoms with Gasteiger partial charge < -0.3 is 10.4 Å². The number of rotatable bonds is 2. The summed E-state index contributed by atoms with van der Waals surface area (Å²) in [7, 11) is 1.94. The molecule has 1 heterocycles. The zero-order chi connectivity index (χ0) is 9.24. The van der Waals surface area contributed by atoms with Gasteiger partial charge in [0.25, 0.3) is 0 Å². The van der Waals surface area contributed by atoms with Gasteiger partial charge in [-0.3, -0.25) is 0 Å². The predicted octanol–water partition coefficient (Wildman–Crippen LogP) is 1.10. The van der Waals surface area contributed by atoms with Crippen LogP contribution in [-0.4, -0.2) is 35.8 Å². The summed E-state index contributed by atoms with van der Waals surface area (Å²) in [5, 5.41) is 12.5. The third-order valence-electron chi connectivity index (χ3n) is 2.52. The monoisotopic (exact) mass is 189 g/mol. The summed E-state index contributed by atoms with van der Waals surface area (Å²) in [4.78, 5) is 0. The highest BCUT2D eigenvalue weighted by Crippen LogP contribution is 2.38. The summed E-state index contributed by atoms with van der Waals surface area (Å²) in [5.74, 6) is 2.24. The van der Waals surface area contributed by atoms with E-state index in [1.54, 1.807) is 0 Å². The number of hydrogen-bond donors (Lipinski definition) is 2. The molecule has 2 N–H and O–H groups in total. The number of likely N-dealkylation sites (N-methyl/N-ethyl adjacent to an activating group) is 1. The van der Waals surface area contributed by atoms with Crippen molar-refractivity contribution in [3.63, 3.8) is 0 Å². The van der Waals surface area contributed by atoms with E-state index in [0.29, 0.717) is 5.41 Å². The summed E-state index contributed by atoms with van der Waals surface area (Å²) in [6.45, 7) is 4.78. The first-order valence-electron chi connectivity index (χ1n) is 4.41. The van der Waals surface area contributed by atoms with Gasteiger partial charge in [0, 0.05) is 5.75 Å². The third-order valence-corrected chi connectivity index (χ3v) is 4.26. The van der Waals surface area contributed by atoms with Crippen LogP contribution in [0.5, 0.6) is 0 Å². The Morgan fingerprint density at radius 1 is 1.42 bits per heavy atom. The molecule has 72 valence electrons. The molecule has 0 bridgehead atoms. The van der Waals surface area contributed by atoms with Crippen LogP contribution in [0.2, 0.25) is 0 Å². The molecule has 1 aliphatic rings. The van der Waals surface area contributed by atoms with Crippen LogP contribution in [0.4, 0.5) is 0 Å². The van der Waals surface area contributed by atoms with Gasteiger partial charge in [0.2, 0.25) is 0 Å². The highest BCUT2D eigenvalue weighted by atomic mass is 32.2. The van der Waals surface area contributed by atoms with Crippen LogP contribution in [0.3, 0.4) is 0 Å². The molecule has 1 saturated heterocycles. The summed E-state index contributed by atoms with van der Waals surface area (Å²) < 4.78 is 0. The molecular weight excluding hydrogens is 170 g/mol. The Kier molecular flexibility index (Phi) is 3.07. The van der Waals surface area contributed by atoms with Gasteiger partial charge >= 0.3 is 0 Å². The standard InChI is InChI=1S/C9H19NOS/c1-8(2)4-9(5-11,10-3)7-12-6-8/h10-11H,4-7H2,1-3H3. The molecule has 1 atom stereocenters. The van der Waals surface area contributed by atoms with Crippen molar-refractivity contribution < 1.29 is 5.11 Å². The van der Waals surface area contributed by atoms with E-state index in [0.717, 1.165) is 12.2 Å². The van der Waals surface area contributed by atoms with E-state index in [-0.39, 0.29) is 12.1 Å². The van der Waals surface area contributed by atoms with E-state index in [9.17, 15) is 5.11 Å². The van der Waals surface area contributed by atoms with Gasteiger partial charge in [0.1, 0.15) is 0 Å². The van der Waals surface area contributed by atoms with E-state index in [4.69, 9.17) is 0 Å². The quantitative estimate of drug-likeness (QED) is 0.682. The largest absolute Gasteiger partial charge is 0.394 e. The van der Waals surface area contributed by atoms with E-state index < -0.39 is 0 Å². The fourth-order valence-electron chi connectivity index (χ4n) is 1.88. The van der Waals surface area contributed by atoms with Crippen molar-refractivity contribution in [2.24, 2.45) is 5.41 Å². The summed E-state index contributed by atoms with van der Waals surface area (Å²) in [6, 6.07) is 0. The topological polar surface area (TPSA) is 32.3 Å². The number of hydrogen-bond acceptors (Lipinski definition) is 3. The zero-order valence-corrected chi connectivity index (χ0v) is 9.00. The molecule has 1 unspecified atom stereocenters. The van der Waals surface area contributed by atoms with Crippen molar-refractivity contribution in [3.05, 3.63) is 0 Å². The summed E-state index contributed by atoms with van der Waals surface area (Å²) in [5.41, 5.74) is 0.321. The fraction of sp³-hybridized carbons (Fsp3) is 1.00. The van der Waals surface area contributed by atoms with Crippen LogP contribution >= 0.6 is 11.8 Å². The molecule has 1 rings (SSSR count). The molecule has 0 amide bonds. The van der Waals surface area contributed by atoms with Crippen molar-refractivity contribution in [3.8, 4) is 0 Å². The first kappa shape index (κ1) is 10.4. The van der Waals surface area contributed by atoms with Crippen molar-refractivity contribution in [2.75, 3.05) is 25.2 Å². The van der Waals surface area contributed by atoms with Crippen molar-refractivity contribution in [1.82, 2.24) is 5.32 Å². The lowest BCUT2D eigenvalue weighted by atomic mass is 9.80. The minimum Gasteiger partial charge on any atom is -0.394 e. The Labute approximate surface area is 79.1 Å². The van der Waals surface area contributed by atoms with E-state index in [2.05, 4.69) is 19.2 Å². The minimum atomic E-state index is -0.0353. The Bertz CT molecular complexity index is 155. The van der Waals surface area contributed by atoms with E-state index in [1.165, 1.54) is 5.75 Å². The Hall–Kier alpha value is 0.270. The maximum atomic E-state index is 9.30. The minimum absolute atomic E-state index is 0.0353. The van der Waals surface area contributed by atoms with Crippen LogP contribution < -0.4 is 5.32 Å². The first-order valence-corrected chi connectivity index (χ1v) is 5.57. The van der Waals surface area contributed by atoms with Gasteiger partial charge in [-0.15, -0.1) is 0 Å². The first-order chi connectivity index (χ1) is 5.54. The Morgan fingerprint density at radius 2 is 2.08 bits per heavy atom. The number of nitrogens with one attached hydrogen (secondary N) is 1. The van der Waals surface area contributed by atoms with Gasteiger partial charge in [-0.1, -0.05) is 13.8 Å². The van der Waals surface area contributed by atoms with Gasteiger partial charge in [-0.05, 0) is 24.6 Å².